The molecule has 0 unspecified atom stereocenters. The van der Waals surface area contributed by atoms with E-state index in [4.69, 9.17) is 4.18 Å². The van der Waals surface area contributed by atoms with Crippen molar-refractivity contribution in [3.8, 4) is 0 Å². The summed E-state index contributed by atoms with van der Waals surface area (Å²) in [5, 5.41) is 0. The van der Waals surface area contributed by atoms with Crippen LogP contribution >= 0.6 is 0 Å². The Morgan fingerprint density at radius 2 is 2.12 bits per heavy atom. The van der Waals surface area contributed by atoms with Gasteiger partial charge in [-0.15, -0.1) is 0 Å². The van der Waals surface area contributed by atoms with Crippen molar-refractivity contribution in [1.82, 2.24) is 9.80 Å². The van der Waals surface area contributed by atoms with E-state index in [1.54, 1.807) is 23.8 Å². The highest BCUT2D eigenvalue weighted by Crippen LogP contribution is 2.27. The molecule has 2 aliphatic rings. The smallest absolute Gasteiger partial charge is 0.320 e. The van der Waals surface area contributed by atoms with E-state index >= 15 is 0 Å². The fraction of sp³-hybridized carbons (Fsp3) is 0.889. The maximum Gasteiger partial charge on any atom is 0.320 e. The van der Waals surface area contributed by atoms with Crippen LogP contribution in [0.2, 0.25) is 0 Å². The van der Waals surface area contributed by atoms with Crippen LogP contribution < -0.4 is 0 Å². The molecule has 92 valence electrons. The topological polar surface area (TPSA) is 66.9 Å². The van der Waals surface area contributed by atoms with Crippen molar-refractivity contribution in [3.63, 3.8) is 0 Å². The summed E-state index contributed by atoms with van der Waals surface area (Å²) in [7, 11) is -1.67. The molecule has 0 saturated carbocycles. The van der Waals surface area contributed by atoms with E-state index in [-0.39, 0.29) is 23.9 Å². The predicted molar refractivity (Wildman–Crippen MR) is 57.5 cm³/mol. The van der Waals surface area contributed by atoms with Crippen LogP contribution in [0.1, 0.15) is 13.3 Å². The number of carbonyl (C=O) groups is 1. The third-order valence-corrected chi connectivity index (χ3v) is 4.34. The zero-order valence-corrected chi connectivity index (χ0v) is 10.2. The van der Waals surface area contributed by atoms with Gasteiger partial charge in [0.25, 0.3) is 10.1 Å². The van der Waals surface area contributed by atoms with Crippen molar-refractivity contribution >= 4 is 16.1 Å². The maximum absolute atomic E-state index is 11.6. The molecule has 0 aromatic heterocycles. The molecule has 0 N–H and O–H groups in total. The SMILES string of the molecule is CCS(=O)(=O)O[C@@H]1C[C@H]2CN(C)C(=O)N2C1. The second-order valence-corrected chi connectivity index (χ2v) is 6.15. The number of amides is 2. The average molecular weight is 248 g/mol. The van der Waals surface area contributed by atoms with Crippen LogP contribution in [0.15, 0.2) is 0 Å². The molecule has 0 aliphatic carbocycles. The Labute approximate surface area is 95.3 Å². The van der Waals surface area contributed by atoms with Crippen LogP contribution in [0.3, 0.4) is 0 Å². The average Bonchev–Trinajstić information content (AvgIpc) is 2.68. The molecule has 2 aliphatic heterocycles. The van der Waals surface area contributed by atoms with E-state index in [0.717, 1.165) is 0 Å². The molecule has 2 rings (SSSR count). The summed E-state index contributed by atoms with van der Waals surface area (Å²) in [6.45, 7) is 2.59. The normalized spacial score (nSPS) is 30.0. The van der Waals surface area contributed by atoms with Crippen molar-refractivity contribution in [2.45, 2.75) is 25.5 Å². The van der Waals surface area contributed by atoms with Gasteiger partial charge in [0, 0.05) is 13.6 Å². The molecule has 6 nitrogen and oxygen atoms in total. The fourth-order valence-corrected chi connectivity index (χ4v) is 2.93. The van der Waals surface area contributed by atoms with Crippen molar-refractivity contribution in [2.24, 2.45) is 0 Å². The molecule has 0 spiro atoms. The first-order chi connectivity index (χ1) is 7.43. The predicted octanol–water partition coefficient (Wildman–Crippen LogP) is -0.139. The summed E-state index contributed by atoms with van der Waals surface area (Å²) < 4.78 is 27.6. The Kier molecular flexibility index (Phi) is 2.83. The zero-order valence-electron chi connectivity index (χ0n) is 9.42. The van der Waals surface area contributed by atoms with Crippen LogP contribution in [0, 0.1) is 0 Å². The first-order valence-corrected chi connectivity index (χ1v) is 6.93. The minimum Gasteiger partial charge on any atom is -0.326 e. The molecular formula is C9H16N2O4S. The first kappa shape index (κ1) is 11.7. The molecule has 16 heavy (non-hydrogen) atoms. The summed E-state index contributed by atoms with van der Waals surface area (Å²) in [5.41, 5.74) is 0. The van der Waals surface area contributed by atoms with E-state index in [9.17, 15) is 13.2 Å². The third kappa shape index (κ3) is 2.01. The zero-order chi connectivity index (χ0) is 11.9. The lowest BCUT2D eigenvalue weighted by atomic mass is 10.2. The molecule has 2 amide bonds. The first-order valence-electron chi connectivity index (χ1n) is 5.35. The number of hydrogen-bond acceptors (Lipinski definition) is 4. The molecule has 2 saturated heterocycles. The van der Waals surface area contributed by atoms with Gasteiger partial charge in [0.15, 0.2) is 0 Å². The number of hydrogen-bond donors (Lipinski definition) is 0. The van der Waals surface area contributed by atoms with Gasteiger partial charge in [0.2, 0.25) is 0 Å². The maximum atomic E-state index is 11.6. The second kappa shape index (κ2) is 3.89. The minimum atomic E-state index is -3.42. The van der Waals surface area contributed by atoms with Gasteiger partial charge in [0.05, 0.1) is 24.4 Å². The lowest BCUT2D eigenvalue weighted by Crippen LogP contribution is -2.32. The Bertz CT molecular complexity index is 394. The lowest BCUT2D eigenvalue weighted by Gasteiger charge is -2.15. The number of carbonyl (C=O) groups excluding carboxylic acids is 1. The Morgan fingerprint density at radius 1 is 1.44 bits per heavy atom. The van der Waals surface area contributed by atoms with E-state index in [1.807, 2.05) is 0 Å². The van der Waals surface area contributed by atoms with Gasteiger partial charge in [0.1, 0.15) is 0 Å². The highest BCUT2D eigenvalue weighted by atomic mass is 32.2. The molecule has 0 radical (unpaired) electrons. The standard InChI is InChI=1S/C9H16N2O4S/c1-3-16(13,14)15-8-4-7-5-10(2)9(12)11(7)6-8/h7-8H,3-6H2,1-2H3/t7-,8+/m0/s1. The van der Waals surface area contributed by atoms with Crippen LogP contribution in [-0.4, -0.2) is 62.3 Å². The number of urea groups is 1. The van der Waals surface area contributed by atoms with Crippen LogP contribution in [0.25, 0.3) is 0 Å². The number of rotatable bonds is 3. The second-order valence-electron chi connectivity index (χ2n) is 4.27. The molecule has 2 fully saturated rings. The summed E-state index contributed by atoms with van der Waals surface area (Å²) in [6.07, 6.45) is 0.238. The van der Waals surface area contributed by atoms with Crippen molar-refractivity contribution in [1.29, 1.82) is 0 Å². The highest BCUT2D eigenvalue weighted by molar-refractivity contribution is 7.86. The molecule has 2 atom stereocenters. The largest absolute Gasteiger partial charge is 0.326 e. The minimum absolute atomic E-state index is 0.0258. The van der Waals surface area contributed by atoms with Gasteiger partial charge in [-0.25, -0.2) is 4.79 Å². The summed E-state index contributed by atoms with van der Waals surface area (Å²) in [5.74, 6) is -0.0258. The molecular weight excluding hydrogens is 232 g/mol. The monoisotopic (exact) mass is 248 g/mol. The van der Waals surface area contributed by atoms with Crippen molar-refractivity contribution < 1.29 is 17.4 Å². The van der Waals surface area contributed by atoms with Gasteiger partial charge < -0.3 is 9.80 Å². The molecule has 2 heterocycles. The Morgan fingerprint density at radius 3 is 2.69 bits per heavy atom. The number of fused-ring (bicyclic) bond motifs is 1. The lowest BCUT2D eigenvalue weighted by molar-refractivity contribution is 0.181. The molecule has 7 heteroatoms. The Hall–Kier alpha value is -0.820. The quantitative estimate of drug-likeness (QED) is 0.652. The van der Waals surface area contributed by atoms with Gasteiger partial charge in [-0.05, 0) is 13.3 Å². The highest BCUT2D eigenvalue weighted by Gasteiger charge is 2.44. The van der Waals surface area contributed by atoms with Crippen molar-refractivity contribution in [2.75, 3.05) is 25.9 Å². The van der Waals surface area contributed by atoms with Crippen LogP contribution in [0.5, 0.6) is 0 Å². The molecule has 0 aromatic rings. The van der Waals surface area contributed by atoms with Gasteiger partial charge in [-0.2, -0.15) is 8.42 Å². The van der Waals surface area contributed by atoms with Crippen LogP contribution in [0.4, 0.5) is 4.79 Å². The fourth-order valence-electron chi connectivity index (χ4n) is 2.24. The summed E-state index contributed by atoms with van der Waals surface area (Å²) in [4.78, 5) is 15.0. The summed E-state index contributed by atoms with van der Waals surface area (Å²) in [6, 6.07) is 0.0690. The van der Waals surface area contributed by atoms with Crippen molar-refractivity contribution in [3.05, 3.63) is 0 Å². The number of nitrogens with zero attached hydrogens (tertiary/aromatic N) is 2. The van der Waals surface area contributed by atoms with Crippen LogP contribution in [-0.2, 0) is 14.3 Å². The van der Waals surface area contributed by atoms with E-state index < -0.39 is 10.1 Å². The number of likely N-dealkylation sites (N-methyl/N-ethyl adjacent to an activating group) is 1. The van der Waals surface area contributed by atoms with E-state index in [0.29, 0.717) is 19.5 Å². The third-order valence-electron chi connectivity index (χ3n) is 3.07. The van der Waals surface area contributed by atoms with Gasteiger partial charge in [-0.1, -0.05) is 0 Å². The van der Waals surface area contributed by atoms with E-state index in [1.165, 1.54) is 0 Å². The van der Waals surface area contributed by atoms with E-state index in [2.05, 4.69) is 0 Å². The molecule has 0 aromatic carbocycles. The van der Waals surface area contributed by atoms with Gasteiger partial charge in [-0.3, -0.25) is 4.18 Å². The summed E-state index contributed by atoms with van der Waals surface area (Å²) >= 11 is 0. The van der Waals surface area contributed by atoms with Gasteiger partial charge >= 0.3 is 6.03 Å². The Balaban J connectivity index is 1.98. The molecule has 0 bridgehead atoms.